The van der Waals surface area contributed by atoms with Gasteiger partial charge >= 0.3 is 0 Å². The lowest BCUT2D eigenvalue weighted by molar-refractivity contribution is -0.122. The average molecular weight is 417 g/mol. The van der Waals surface area contributed by atoms with Gasteiger partial charge in [-0.25, -0.2) is 0 Å². The molecule has 3 aromatic rings. The Morgan fingerprint density at radius 2 is 1.68 bits per heavy atom. The molecule has 3 aromatic carbocycles. The van der Waals surface area contributed by atoms with Crippen molar-refractivity contribution in [1.29, 1.82) is 0 Å². The van der Waals surface area contributed by atoms with Crippen molar-refractivity contribution in [2.24, 2.45) is 0 Å². The minimum atomic E-state index is -0.624. The number of aryl methyl sites for hydroxylation is 1. The summed E-state index contributed by atoms with van der Waals surface area (Å²) in [6.45, 7) is 4.36. The van der Waals surface area contributed by atoms with E-state index in [4.69, 9.17) is 4.74 Å². The van der Waals surface area contributed by atoms with Crippen molar-refractivity contribution in [3.63, 3.8) is 0 Å². The fourth-order valence-corrected chi connectivity index (χ4v) is 3.27. The summed E-state index contributed by atoms with van der Waals surface area (Å²) in [6, 6.07) is 24.4. The predicted molar refractivity (Wildman–Crippen MR) is 123 cm³/mol. The number of para-hydroxylation sites is 1. The quantitative estimate of drug-likeness (QED) is 0.558. The third-order valence-corrected chi connectivity index (χ3v) is 5.01. The SMILES string of the molecule is CCC(Oc1ccccc1C)C(=O)Nc1cccc(C(=O)N(C)Cc2ccccc2)c1. The molecule has 0 aliphatic rings. The normalized spacial score (nSPS) is 11.5. The molecule has 1 unspecified atom stereocenters. The van der Waals surface area contributed by atoms with Gasteiger partial charge in [-0.2, -0.15) is 0 Å². The third-order valence-electron chi connectivity index (χ3n) is 5.01. The minimum absolute atomic E-state index is 0.108. The Balaban J connectivity index is 1.66. The van der Waals surface area contributed by atoms with Crippen LogP contribution >= 0.6 is 0 Å². The second-order valence-corrected chi connectivity index (χ2v) is 7.50. The molecular weight excluding hydrogens is 388 g/mol. The highest BCUT2D eigenvalue weighted by atomic mass is 16.5. The van der Waals surface area contributed by atoms with Crippen LogP contribution in [-0.2, 0) is 11.3 Å². The Morgan fingerprint density at radius 3 is 2.39 bits per heavy atom. The molecule has 0 aromatic heterocycles. The lowest BCUT2D eigenvalue weighted by atomic mass is 10.1. The van der Waals surface area contributed by atoms with E-state index < -0.39 is 6.10 Å². The maximum Gasteiger partial charge on any atom is 0.265 e. The number of nitrogens with zero attached hydrogens (tertiary/aromatic N) is 1. The standard InChI is InChI=1S/C26H28N2O3/c1-4-23(31-24-16-9-8-11-19(24)2)25(29)27-22-15-10-14-21(17-22)26(30)28(3)18-20-12-6-5-7-13-20/h5-17,23H,4,18H2,1-3H3,(H,27,29). The second kappa shape index (κ2) is 10.4. The lowest BCUT2D eigenvalue weighted by Gasteiger charge is -2.20. The Hall–Kier alpha value is -3.60. The second-order valence-electron chi connectivity index (χ2n) is 7.50. The van der Waals surface area contributed by atoms with E-state index in [1.807, 2.05) is 68.4 Å². The van der Waals surface area contributed by atoms with E-state index >= 15 is 0 Å². The molecule has 160 valence electrons. The molecule has 0 fully saturated rings. The predicted octanol–water partition coefficient (Wildman–Crippen LogP) is 5.06. The van der Waals surface area contributed by atoms with Crippen LogP contribution in [-0.4, -0.2) is 29.9 Å². The Bertz CT molecular complexity index is 1030. The Kier molecular flexibility index (Phi) is 7.44. The summed E-state index contributed by atoms with van der Waals surface area (Å²) < 4.78 is 5.92. The molecule has 0 saturated heterocycles. The number of carbonyl (C=O) groups is 2. The fourth-order valence-electron chi connectivity index (χ4n) is 3.27. The molecule has 0 heterocycles. The fraction of sp³-hybridized carbons (Fsp3) is 0.231. The number of hydrogen-bond donors (Lipinski definition) is 1. The maximum absolute atomic E-state index is 12.8. The van der Waals surface area contributed by atoms with Gasteiger partial charge < -0.3 is 15.0 Å². The summed E-state index contributed by atoms with van der Waals surface area (Å²) >= 11 is 0. The average Bonchev–Trinajstić information content (AvgIpc) is 2.78. The van der Waals surface area contributed by atoms with Gasteiger partial charge in [0.25, 0.3) is 11.8 Å². The summed E-state index contributed by atoms with van der Waals surface area (Å²) in [5.74, 6) is 0.340. The third kappa shape index (κ3) is 5.95. The number of ether oxygens (including phenoxy) is 1. The molecule has 0 saturated carbocycles. The molecule has 1 atom stereocenters. The number of anilines is 1. The molecular formula is C26H28N2O3. The zero-order valence-electron chi connectivity index (χ0n) is 18.2. The Morgan fingerprint density at radius 1 is 0.968 bits per heavy atom. The van der Waals surface area contributed by atoms with Crippen LogP contribution in [0.3, 0.4) is 0 Å². The zero-order valence-corrected chi connectivity index (χ0v) is 18.2. The highest BCUT2D eigenvalue weighted by molar-refractivity contribution is 5.98. The van der Waals surface area contributed by atoms with Crippen molar-refractivity contribution in [2.45, 2.75) is 32.9 Å². The van der Waals surface area contributed by atoms with Gasteiger partial charge in [0.2, 0.25) is 0 Å². The van der Waals surface area contributed by atoms with Gasteiger partial charge in [-0.05, 0) is 48.7 Å². The monoisotopic (exact) mass is 416 g/mol. The first-order valence-corrected chi connectivity index (χ1v) is 10.4. The molecule has 3 rings (SSSR count). The number of rotatable bonds is 8. The summed E-state index contributed by atoms with van der Waals surface area (Å²) in [6.07, 6.45) is -0.0975. The van der Waals surface area contributed by atoms with Gasteiger partial charge in [0.15, 0.2) is 6.10 Å². The van der Waals surface area contributed by atoms with E-state index in [2.05, 4.69) is 5.32 Å². The first kappa shape index (κ1) is 22.1. The van der Waals surface area contributed by atoms with Crippen molar-refractivity contribution in [2.75, 3.05) is 12.4 Å². The zero-order chi connectivity index (χ0) is 22.2. The highest BCUT2D eigenvalue weighted by Gasteiger charge is 2.20. The number of carbonyl (C=O) groups excluding carboxylic acids is 2. The van der Waals surface area contributed by atoms with Gasteiger partial charge in [-0.15, -0.1) is 0 Å². The molecule has 31 heavy (non-hydrogen) atoms. The highest BCUT2D eigenvalue weighted by Crippen LogP contribution is 2.20. The Labute approximate surface area is 183 Å². The van der Waals surface area contributed by atoms with Crippen molar-refractivity contribution >= 4 is 17.5 Å². The summed E-state index contributed by atoms with van der Waals surface area (Å²) in [5.41, 5.74) is 3.12. The van der Waals surface area contributed by atoms with Crippen molar-refractivity contribution in [3.8, 4) is 5.75 Å². The first-order valence-electron chi connectivity index (χ1n) is 10.4. The molecule has 0 aliphatic carbocycles. The van der Waals surface area contributed by atoms with Crippen molar-refractivity contribution < 1.29 is 14.3 Å². The van der Waals surface area contributed by atoms with E-state index in [9.17, 15) is 9.59 Å². The summed E-state index contributed by atoms with van der Waals surface area (Å²) in [4.78, 5) is 27.3. The van der Waals surface area contributed by atoms with Crippen molar-refractivity contribution in [1.82, 2.24) is 4.90 Å². The van der Waals surface area contributed by atoms with Gasteiger partial charge in [0.1, 0.15) is 5.75 Å². The summed E-state index contributed by atoms with van der Waals surface area (Å²) in [5, 5.41) is 2.88. The van der Waals surface area contributed by atoms with E-state index in [0.29, 0.717) is 30.0 Å². The van der Waals surface area contributed by atoms with Crippen LogP contribution < -0.4 is 10.1 Å². The van der Waals surface area contributed by atoms with Gasteiger partial charge in [-0.1, -0.05) is 61.5 Å². The van der Waals surface area contributed by atoms with Crippen LogP contribution in [0.1, 0.15) is 34.8 Å². The van der Waals surface area contributed by atoms with Crippen LogP contribution in [0.4, 0.5) is 5.69 Å². The maximum atomic E-state index is 12.8. The smallest absolute Gasteiger partial charge is 0.265 e. The molecule has 0 radical (unpaired) electrons. The largest absolute Gasteiger partial charge is 0.480 e. The number of hydrogen-bond acceptors (Lipinski definition) is 3. The van der Waals surface area contributed by atoms with E-state index in [-0.39, 0.29) is 11.8 Å². The molecule has 0 bridgehead atoms. The van der Waals surface area contributed by atoms with Crippen LogP contribution in [0.15, 0.2) is 78.9 Å². The molecule has 0 aliphatic heterocycles. The van der Waals surface area contributed by atoms with Gasteiger partial charge in [-0.3, -0.25) is 9.59 Å². The van der Waals surface area contributed by atoms with Crippen molar-refractivity contribution in [3.05, 3.63) is 95.6 Å². The van der Waals surface area contributed by atoms with E-state index in [1.54, 1.807) is 36.2 Å². The van der Waals surface area contributed by atoms with Crippen LogP contribution in [0.2, 0.25) is 0 Å². The topological polar surface area (TPSA) is 58.6 Å². The number of nitrogens with one attached hydrogen (secondary N) is 1. The summed E-state index contributed by atoms with van der Waals surface area (Å²) in [7, 11) is 1.77. The van der Waals surface area contributed by atoms with Crippen LogP contribution in [0, 0.1) is 6.92 Å². The number of amides is 2. The minimum Gasteiger partial charge on any atom is -0.480 e. The first-order chi connectivity index (χ1) is 15.0. The van der Waals surface area contributed by atoms with Gasteiger partial charge in [0, 0.05) is 24.8 Å². The van der Waals surface area contributed by atoms with Gasteiger partial charge in [0.05, 0.1) is 0 Å². The molecule has 2 amide bonds. The molecule has 5 nitrogen and oxygen atoms in total. The van der Waals surface area contributed by atoms with E-state index in [1.165, 1.54) is 0 Å². The number of benzene rings is 3. The molecule has 1 N–H and O–H groups in total. The van der Waals surface area contributed by atoms with Crippen LogP contribution in [0.25, 0.3) is 0 Å². The lowest BCUT2D eigenvalue weighted by Crippen LogP contribution is -2.32. The molecule has 5 heteroatoms. The molecule has 0 spiro atoms. The van der Waals surface area contributed by atoms with Crippen LogP contribution in [0.5, 0.6) is 5.75 Å². The van der Waals surface area contributed by atoms with E-state index in [0.717, 1.165) is 11.1 Å².